The topological polar surface area (TPSA) is 46.5 Å². The van der Waals surface area contributed by atoms with Crippen LogP contribution in [0.3, 0.4) is 0 Å². The number of thioether (sulfide) groups is 1. The highest BCUT2D eigenvalue weighted by Crippen LogP contribution is 2.23. The van der Waals surface area contributed by atoms with Gasteiger partial charge in [-0.15, -0.1) is 0 Å². The summed E-state index contributed by atoms with van der Waals surface area (Å²) in [4.78, 5) is 12.0. The molecule has 1 unspecified atom stereocenters. The Morgan fingerprint density at radius 3 is 2.53 bits per heavy atom. The third kappa shape index (κ3) is 5.28. The molecule has 0 heterocycles. The Balaban J connectivity index is 3.05. The minimum absolute atomic E-state index is 0.0236. The van der Waals surface area contributed by atoms with Gasteiger partial charge >= 0.3 is 0 Å². The van der Waals surface area contributed by atoms with E-state index in [1.807, 2.05) is 45.9 Å². The number of hydrogen-bond donors (Lipinski definition) is 0. The molecule has 1 rings (SSSR count). The molecule has 0 bridgehead atoms. The van der Waals surface area contributed by atoms with Gasteiger partial charge in [0.1, 0.15) is 11.0 Å². The molecule has 5 heteroatoms. The van der Waals surface area contributed by atoms with E-state index in [-0.39, 0.29) is 9.86 Å². The number of benzene rings is 1. The molecule has 0 fully saturated rings. The Morgan fingerprint density at radius 1 is 1.37 bits per heavy atom. The molecule has 0 amide bonds. The monoisotopic (exact) mass is 297 g/mol. The molecule has 1 aromatic carbocycles. The van der Waals surface area contributed by atoms with Crippen molar-refractivity contribution in [3.05, 3.63) is 29.3 Å². The van der Waals surface area contributed by atoms with Crippen molar-refractivity contribution in [2.24, 2.45) is 4.40 Å². The first-order valence-corrected chi connectivity index (χ1v) is 7.87. The Bertz CT molecular complexity index is 531. The fourth-order valence-corrected chi connectivity index (χ4v) is 2.48. The first kappa shape index (κ1) is 16.1. The van der Waals surface area contributed by atoms with Gasteiger partial charge in [-0.25, -0.2) is 4.21 Å². The van der Waals surface area contributed by atoms with Crippen LogP contribution in [0, 0.1) is 6.92 Å². The van der Waals surface area contributed by atoms with Gasteiger partial charge < -0.3 is 0 Å². The third-order valence-electron chi connectivity index (χ3n) is 2.23. The molecule has 19 heavy (non-hydrogen) atoms. The van der Waals surface area contributed by atoms with Crippen LogP contribution >= 0.6 is 11.8 Å². The summed E-state index contributed by atoms with van der Waals surface area (Å²) in [6, 6.07) is 5.78. The van der Waals surface area contributed by atoms with E-state index in [4.69, 9.17) is 0 Å². The molecule has 0 saturated carbocycles. The molecule has 0 N–H and O–H groups in total. The summed E-state index contributed by atoms with van der Waals surface area (Å²) in [5.41, 5.74) is 1.91. The second kappa shape index (κ2) is 6.48. The molecule has 1 aromatic rings. The highest BCUT2D eigenvalue weighted by atomic mass is 32.2. The summed E-state index contributed by atoms with van der Waals surface area (Å²) < 4.78 is 15.6. The van der Waals surface area contributed by atoms with Crippen molar-refractivity contribution in [2.45, 2.75) is 44.3 Å². The normalized spacial score (nSPS) is 13.7. The molecule has 1 atom stereocenters. The first-order valence-electron chi connectivity index (χ1n) is 5.95. The Labute approximate surface area is 121 Å². The van der Waals surface area contributed by atoms with Gasteiger partial charge in [-0.05, 0) is 39.8 Å². The number of aryl methyl sites for hydroxylation is 1. The molecular formula is C14H19NO2S2. The molecule has 0 spiro atoms. The smallest absolute Gasteiger partial charge is 0.190 e. The van der Waals surface area contributed by atoms with Crippen LogP contribution in [0.25, 0.3) is 0 Å². The van der Waals surface area contributed by atoms with Gasteiger partial charge in [0.05, 0.1) is 4.75 Å². The van der Waals surface area contributed by atoms with Crippen molar-refractivity contribution in [2.75, 3.05) is 0 Å². The second-order valence-electron chi connectivity index (χ2n) is 5.23. The zero-order chi connectivity index (χ0) is 14.6. The SMILES string of the molecule is CC(=O)Sc1ccc(C)cc1/C=N/S(=O)C(C)(C)C. The average molecular weight is 297 g/mol. The van der Waals surface area contributed by atoms with Crippen LogP contribution in [-0.2, 0) is 15.8 Å². The van der Waals surface area contributed by atoms with E-state index in [1.165, 1.54) is 6.92 Å². The van der Waals surface area contributed by atoms with Crippen molar-refractivity contribution >= 4 is 34.1 Å². The number of carbonyl (C=O) groups excluding carboxylic acids is 1. The minimum atomic E-state index is -1.29. The van der Waals surface area contributed by atoms with Gasteiger partial charge in [-0.1, -0.05) is 23.4 Å². The average Bonchev–Trinajstić information content (AvgIpc) is 2.27. The molecule has 0 aliphatic rings. The molecule has 0 saturated heterocycles. The van der Waals surface area contributed by atoms with Crippen molar-refractivity contribution in [1.82, 2.24) is 0 Å². The van der Waals surface area contributed by atoms with E-state index >= 15 is 0 Å². The van der Waals surface area contributed by atoms with Crippen LogP contribution in [0.5, 0.6) is 0 Å². The predicted octanol–water partition coefficient (Wildman–Crippen LogP) is 3.51. The van der Waals surface area contributed by atoms with Crippen LogP contribution in [0.15, 0.2) is 27.5 Å². The van der Waals surface area contributed by atoms with Gasteiger partial charge in [-0.3, -0.25) is 4.79 Å². The number of hydrogen-bond acceptors (Lipinski definition) is 3. The molecule has 0 aliphatic carbocycles. The summed E-state index contributed by atoms with van der Waals surface area (Å²) >= 11 is 1.16. The van der Waals surface area contributed by atoms with Crippen LogP contribution in [0.1, 0.15) is 38.8 Å². The lowest BCUT2D eigenvalue weighted by Gasteiger charge is -2.13. The van der Waals surface area contributed by atoms with Gasteiger partial charge in [0, 0.05) is 23.6 Å². The van der Waals surface area contributed by atoms with Crippen LogP contribution in [-0.4, -0.2) is 20.3 Å². The quantitative estimate of drug-likeness (QED) is 0.633. The lowest BCUT2D eigenvalue weighted by molar-refractivity contribution is -0.109. The van der Waals surface area contributed by atoms with E-state index in [1.54, 1.807) is 6.21 Å². The molecule has 104 valence electrons. The lowest BCUT2D eigenvalue weighted by Crippen LogP contribution is -2.19. The zero-order valence-electron chi connectivity index (χ0n) is 11.9. The molecule has 3 nitrogen and oxygen atoms in total. The summed E-state index contributed by atoms with van der Waals surface area (Å²) in [5.74, 6) is 0. The van der Waals surface area contributed by atoms with Gasteiger partial charge in [0.25, 0.3) is 0 Å². The standard InChI is InChI=1S/C14H19NO2S2/c1-10-6-7-13(18-11(2)16)12(8-10)9-15-19(17)14(3,4)5/h6-9H,1-5H3/b15-9+. The van der Waals surface area contributed by atoms with E-state index in [0.29, 0.717) is 0 Å². The second-order valence-corrected chi connectivity index (χ2v) is 8.38. The maximum Gasteiger partial charge on any atom is 0.190 e. The van der Waals surface area contributed by atoms with Gasteiger partial charge in [0.15, 0.2) is 5.12 Å². The van der Waals surface area contributed by atoms with E-state index < -0.39 is 11.0 Å². The Kier molecular flexibility index (Phi) is 5.50. The van der Waals surface area contributed by atoms with Gasteiger partial charge in [-0.2, -0.15) is 4.40 Å². The van der Waals surface area contributed by atoms with Crippen LogP contribution < -0.4 is 0 Å². The number of carbonyl (C=O) groups is 1. The predicted molar refractivity (Wildman–Crippen MR) is 83.2 cm³/mol. The molecule has 0 aromatic heterocycles. The number of nitrogens with zero attached hydrogens (tertiary/aromatic N) is 1. The highest BCUT2D eigenvalue weighted by molar-refractivity contribution is 8.13. The summed E-state index contributed by atoms with van der Waals surface area (Å²) in [5, 5.41) is 0.0236. The third-order valence-corrected chi connectivity index (χ3v) is 4.45. The maximum absolute atomic E-state index is 11.9. The highest BCUT2D eigenvalue weighted by Gasteiger charge is 2.18. The van der Waals surface area contributed by atoms with E-state index in [2.05, 4.69) is 4.40 Å². The van der Waals surface area contributed by atoms with Crippen molar-refractivity contribution in [1.29, 1.82) is 0 Å². The maximum atomic E-state index is 11.9. The minimum Gasteiger partial charge on any atom is -0.287 e. The van der Waals surface area contributed by atoms with Crippen molar-refractivity contribution < 1.29 is 9.00 Å². The fraction of sp³-hybridized carbons (Fsp3) is 0.429. The van der Waals surface area contributed by atoms with E-state index in [9.17, 15) is 9.00 Å². The fourth-order valence-electron chi connectivity index (χ4n) is 1.28. The Hall–Kier alpha value is -0.940. The Morgan fingerprint density at radius 2 is 2.00 bits per heavy atom. The zero-order valence-corrected chi connectivity index (χ0v) is 13.5. The molecule has 0 aliphatic heterocycles. The molecule has 0 radical (unpaired) electrons. The van der Waals surface area contributed by atoms with Gasteiger partial charge in [0.2, 0.25) is 0 Å². The van der Waals surface area contributed by atoms with Crippen molar-refractivity contribution in [3.8, 4) is 0 Å². The van der Waals surface area contributed by atoms with Crippen LogP contribution in [0.4, 0.5) is 0 Å². The summed E-state index contributed by atoms with van der Waals surface area (Å²) in [6.45, 7) is 9.13. The van der Waals surface area contributed by atoms with Crippen molar-refractivity contribution in [3.63, 3.8) is 0 Å². The van der Waals surface area contributed by atoms with E-state index in [0.717, 1.165) is 27.8 Å². The number of rotatable bonds is 3. The lowest BCUT2D eigenvalue weighted by atomic mass is 10.1. The summed E-state index contributed by atoms with van der Waals surface area (Å²) in [7, 11) is -1.29. The summed E-state index contributed by atoms with van der Waals surface area (Å²) in [6.07, 6.45) is 1.60. The first-order chi connectivity index (χ1) is 8.70. The van der Waals surface area contributed by atoms with Crippen LogP contribution in [0.2, 0.25) is 0 Å². The largest absolute Gasteiger partial charge is 0.287 e. The molecular weight excluding hydrogens is 278 g/mol.